The average molecular weight is 357 g/mol. The van der Waals surface area contributed by atoms with Crippen molar-refractivity contribution in [3.8, 4) is 0 Å². The lowest BCUT2D eigenvalue weighted by Gasteiger charge is -2.18. The van der Waals surface area contributed by atoms with Gasteiger partial charge in [0, 0.05) is 22.9 Å². The lowest BCUT2D eigenvalue weighted by molar-refractivity contribution is 0.0796. The maximum Gasteiger partial charge on any atom is 0.254 e. The van der Waals surface area contributed by atoms with Crippen LogP contribution in [0.3, 0.4) is 0 Å². The first-order valence-electron chi connectivity index (χ1n) is 6.01. The summed E-state index contributed by atoms with van der Waals surface area (Å²) >= 11 is 4.86. The highest BCUT2D eigenvalue weighted by Gasteiger charge is 2.17. The van der Waals surface area contributed by atoms with Gasteiger partial charge in [-0.2, -0.15) is 0 Å². The van der Waals surface area contributed by atoms with E-state index in [0.717, 1.165) is 6.42 Å². The fourth-order valence-electron chi connectivity index (χ4n) is 1.77. The molecule has 1 heterocycles. The smallest absolute Gasteiger partial charge is 0.254 e. The second-order valence-corrected chi connectivity index (χ2v) is 6.30. The van der Waals surface area contributed by atoms with Gasteiger partial charge >= 0.3 is 0 Å². The molecular formula is C14H14BrFN2OS. The number of likely N-dealkylation sites (N-methyl/N-ethyl adjacent to an activating group) is 1. The normalized spacial score (nSPS) is 10.6. The van der Waals surface area contributed by atoms with E-state index < -0.39 is 5.82 Å². The van der Waals surface area contributed by atoms with Crippen molar-refractivity contribution in [3.63, 3.8) is 0 Å². The summed E-state index contributed by atoms with van der Waals surface area (Å²) in [7, 11) is 1.72. The Morgan fingerprint density at radius 3 is 2.90 bits per heavy atom. The number of thiophene rings is 1. The maximum absolute atomic E-state index is 13.3. The molecule has 0 saturated carbocycles. The van der Waals surface area contributed by atoms with Crippen molar-refractivity contribution < 1.29 is 9.18 Å². The van der Waals surface area contributed by atoms with E-state index in [4.69, 9.17) is 5.73 Å². The lowest BCUT2D eigenvalue weighted by atomic mass is 10.1. The van der Waals surface area contributed by atoms with E-state index in [9.17, 15) is 9.18 Å². The molecule has 0 unspecified atom stereocenters. The molecule has 106 valence electrons. The first-order valence-corrected chi connectivity index (χ1v) is 7.68. The van der Waals surface area contributed by atoms with Crippen LogP contribution in [0.15, 0.2) is 34.1 Å². The molecule has 0 bridgehead atoms. The van der Waals surface area contributed by atoms with Crippen molar-refractivity contribution in [2.75, 3.05) is 19.3 Å². The van der Waals surface area contributed by atoms with Crippen LogP contribution in [-0.2, 0) is 6.42 Å². The monoisotopic (exact) mass is 356 g/mol. The highest BCUT2D eigenvalue weighted by molar-refractivity contribution is 9.10. The van der Waals surface area contributed by atoms with Crippen molar-refractivity contribution in [1.29, 1.82) is 0 Å². The molecule has 0 aliphatic heterocycles. The minimum atomic E-state index is -0.533. The third-order valence-corrected chi connectivity index (χ3v) is 4.53. The van der Waals surface area contributed by atoms with Crippen LogP contribution in [0, 0.1) is 5.82 Å². The number of nitrogens with zero attached hydrogens (tertiary/aromatic N) is 1. The molecule has 0 radical (unpaired) electrons. The fraction of sp³-hybridized carbons (Fsp3) is 0.214. The Kier molecular flexibility index (Phi) is 4.77. The molecule has 20 heavy (non-hydrogen) atoms. The number of halogens is 2. The minimum Gasteiger partial charge on any atom is -0.396 e. The molecule has 0 fully saturated rings. The molecule has 0 atom stereocenters. The zero-order valence-electron chi connectivity index (χ0n) is 10.9. The molecule has 2 aromatic rings. The van der Waals surface area contributed by atoms with Crippen molar-refractivity contribution in [2.45, 2.75) is 6.42 Å². The SMILES string of the molecule is CN(CCc1cccs1)C(=O)c1cc(N)c(F)cc1Br. The largest absolute Gasteiger partial charge is 0.396 e. The van der Waals surface area contributed by atoms with Gasteiger partial charge in [-0.1, -0.05) is 6.07 Å². The van der Waals surface area contributed by atoms with Gasteiger partial charge in [0.15, 0.2) is 0 Å². The number of hydrogen-bond acceptors (Lipinski definition) is 3. The summed E-state index contributed by atoms with van der Waals surface area (Å²) in [5.41, 5.74) is 5.86. The second kappa shape index (κ2) is 6.37. The summed E-state index contributed by atoms with van der Waals surface area (Å²) in [6, 6.07) is 6.60. The number of nitrogens with two attached hydrogens (primary N) is 1. The molecule has 6 heteroatoms. The van der Waals surface area contributed by atoms with Crippen molar-refractivity contribution in [1.82, 2.24) is 4.90 Å². The zero-order chi connectivity index (χ0) is 14.7. The Hall–Kier alpha value is -1.40. The number of hydrogen-bond donors (Lipinski definition) is 1. The van der Waals surface area contributed by atoms with E-state index in [1.54, 1.807) is 23.3 Å². The Morgan fingerprint density at radius 1 is 1.50 bits per heavy atom. The number of benzene rings is 1. The van der Waals surface area contributed by atoms with E-state index >= 15 is 0 Å². The van der Waals surface area contributed by atoms with E-state index in [0.29, 0.717) is 16.6 Å². The zero-order valence-corrected chi connectivity index (χ0v) is 13.3. The standard InChI is InChI=1S/C14H14BrFN2OS/c1-18(5-4-9-3-2-6-20-9)14(19)10-7-13(17)12(16)8-11(10)15/h2-3,6-8H,4-5,17H2,1H3. The third-order valence-electron chi connectivity index (χ3n) is 2.94. The minimum absolute atomic E-state index is 0.0248. The Morgan fingerprint density at radius 2 is 2.25 bits per heavy atom. The Bertz CT molecular complexity index is 616. The third kappa shape index (κ3) is 3.37. The quantitative estimate of drug-likeness (QED) is 0.851. The molecule has 1 aromatic heterocycles. The molecule has 0 aliphatic carbocycles. The van der Waals surface area contributed by atoms with E-state index in [-0.39, 0.29) is 11.6 Å². The van der Waals surface area contributed by atoms with E-state index in [2.05, 4.69) is 15.9 Å². The average Bonchev–Trinajstić information content (AvgIpc) is 2.92. The van der Waals surface area contributed by atoms with E-state index in [1.165, 1.54) is 17.0 Å². The molecule has 1 amide bonds. The Labute approximate surface area is 129 Å². The molecule has 3 nitrogen and oxygen atoms in total. The lowest BCUT2D eigenvalue weighted by Crippen LogP contribution is -2.29. The summed E-state index contributed by atoms with van der Waals surface area (Å²) in [6.45, 7) is 0.600. The summed E-state index contributed by atoms with van der Waals surface area (Å²) in [4.78, 5) is 15.1. The van der Waals surface area contributed by atoms with Crippen LogP contribution in [0.5, 0.6) is 0 Å². The predicted octanol–water partition coefficient (Wildman–Crippen LogP) is 3.55. The van der Waals surface area contributed by atoms with Gasteiger partial charge in [0.1, 0.15) is 5.82 Å². The number of anilines is 1. The Balaban J connectivity index is 2.08. The predicted molar refractivity (Wildman–Crippen MR) is 83.5 cm³/mol. The number of nitrogen functional groups attached to an aromatic ring is 1. The van der Waals surface area contributed by atoms with Crippen LogP contribution in [0.4, 0.5) is 10.1 Å². The van der Waals surface area contributed by atoms with Gasteiger partial charge in [0.05, 0.1) is 11.3 Å². The summed E-state index contributed by atoms with van der Waals surface area (Å²) in [5.74, 6) is -0.713. The van der Waals surface area contributed by atoms with Crippen molar-refractivity contribution in [2.24, 2.45) is 0 Å². The van der Waals surface area contributed by atoms with E-state index in [1.807, 2.05) is 17.5 Å². The fourth-order valence-corrected chi connectivity index (χ4v) is 2.95. The van der Waals surface area contributed by atoms with Crippen molar-refractivity contribution in [3.05, 3.63) is 50.4 Å². The maximum atomic E-state index is 13.3. The van der Waals surface area contributed by atoms with Gasteiger partial charge in [0.25, 0.3) is 5.91 Å². The molecule has 2 rings (SSSR count). The summed E-state index contributed by atoms with van der Waals surface area (Å²) in [6.07, 6.45) is 0.800. The van der Waals surface area contributed by atoms with Gasteiger partial charge in [-0.05, 0) is 45.9 Å². The summed E-state index contributed by atoms with van der Waals surface area (Å²) in [5, 5.41) is 2.01. The van der Waals surface area contributed by atoms with Crippen LogP contribution in [0.2, 0.25) is 0 Å². The number of carbonyl (C=O) groups is 1. The molecule has 2 N–H and O–H groups in total. The van der Waals surface area contributed by atoms with Gasteiger partial charge < -0.3 is 10.6 Å². The van der Waals surface area contributed by atoms with Crippen LogP contribution in [-0.4, -0.2) is 24.4 Å². The number of carbonyl (C=O) groups excluding carboxylic acids is 1. The molecular weight excluding hydrogens is 343 g/mol. The summed E-state index contributed by atoms with van der Waals surface area (Å²) < 4.78 is 13.7. The first kappa shape index (κ1) is 15.0. The van der Waals surface area contributed by atoms with Crippen LogP contribution in [0.1, 0.15) is 15.2 Å². The molecule has 0 saturated heterocycles. The topological polar surface area (TPSA) is 46.3 Å². The van der Waals surface area contributed by atoms with Crippen LogP contribution >= 0.6 is 27.3 Å². The van der Waals surface area contributed by atoms with Crippen LogP contribution in [0.25, 0.3) is 0 Å². The van der Waals surface area contributed by atoms with Gasteiger partial charge in [-0.3, -0.25) is 4.79 Å². The van der Waals surface area contributed by atoms with Crippen molar-refractivity contribution >= 4 is 38.9 Å². The molecule has 1 aromatic carbocycles. The first-order chi connectivity index (χ1) is 9.49. The highest BCUT2D eigenvalue weighted by Crippen LogP contribution is 2.24. The van der Waals surface area contributed by atoms with Gasteiger partial charge in [-0.15, -0.1) is 11.3 Å². The molecule has 0 spiro atoms. The number of amides is 1. The molecule has 0 aliphatic rings. The second-order valence-electron chi connectivity index (χ2n) is 4.41. The number of rotatable bonds is 4. The highest BCUT2D eigenvalue weighted by atomic mass is 79.9. The van der Waals surface area contributed by atoms with Gasteiger partial charge in [-0.25, -0.2) is 4.39 Å². The van der Waals surface area contributed by atoms with Gasteiger partial charge in [0.2, 0.25) is 0 Å². The van der Waals surface area contributed by atoms with Crippen LogP contribution < -0.4 is 5.73 Å².